The van der Waals surface area contributed by atoms with Crippen LogP contribution >= 0.6 is 12.4 Å². The van der Waals surface area contributed by atoms with E-state index in [-0.39, 0.29) is 31.5 Å². The highest BCUT2D eigenvalue weighted by Crippen LogP contribution is 2.36. The first-order valence-corrected chi connectivity index (χ1v) is 12.8. The third-order valence-electron chi connectivity index (χ3n) is 6.95. The zero-order valence-corrected chi connectivity index (χ0v) is 22.0. The minimum absolute atomic E-state index is 0. The van der Waals surface area contributed by atoms with Gasteiger partial charge in [0.15, 0.2) is 6.61 Å². The number of para-hydroxylation sites is 1. The summed E-state index contributed by atoms with van der Waals surface area (Å²) in [5.41, 5.74) is 11.1. The van der Waals surface area contributed by atoms with Gasteiger partial charge in [-0.2, -0.15) is 0 Å². The molecule has 0 spiro atoms. The zero-order valence-electron chi connectivity index (χ0n) is 21.2. The maximum absolute atomic E-state index is 12.5. The van der Waals surface area contributed by atoms with Crippen molar-refractivity contribution in [1.82, 2.24) is 4.98 Å². The van der Waals surface area contributed by atoms with Crippen molar-refractivity contribution in [2.75, 3.05) is 24.3 Å². The van der Waals surface area contributed by atoms with Crippen molar-refractivity contribution in [2.24, 2.45) is 5.92 Å². The van der Waals surface area contributed by atoms with Crippen molar-refractivity contribution >= 4 is 40.6 Å². The Kier molecular flexibility index (Phi) is 9.15. The average Bonchev–Trinajstić information content (AvgIpc) is 3.27. The van der Waals surface area contributed by atoms with Crippen LogP contribution in [0.4, 0.5) is 11.4 Å². The van der Waals surface area contributed by atoms with Gasteiger partial charge in [0.2, 0.25) is 0 Å². The number of hydrogen-bond acceptors (Lipinski definition) is 5. The van der Waals surface area contributed by atoms with Crippen LogP contribution in [-0.4, -0.2) is 35.3 Å². The summed E-state index contributed by atoms with van der Waals surface area (Å²) < 4.78 is 11.6. The predicted molar refractivity (Wildman–Crippen MR) is 153 cm³/mol. The van der Waals surface area contributed by atoms with Crippen molar-refractivity contribution in [1.29, 1.82) is 0 Å². The van der Waals surface area contributed by atoms with Crippen molar-refractivity contribution < 1.29 is 19.4 Å². The summed E-state index contributed by atoms with van der Waals surface area (Å²) in [6.07, 6.45) is 5.72. The van der Waals surface area contributed by atoms with Crippen molar-refractivity contribution in [3.05, 3.63) is 84.1 Å². The number of ether oxygens (including phenoxy) is 2. The van der Waals surface area contributed by atoms with Gasteiger partial charge in [-0.15, -0.1) is 12.4 Å². The fraction of sp³-hybridized carbons (Fsp3) is 0.300. The molecule has 5 N–H and O–H groups in total. The molecule has 1 aliphatic carbocycles. The summed E-state index contributed by atoms with van der Waals surface area (Å²) in [6, 6.07) is 21.1. The number of aryl methyl sites for hydroxylation is 1. The number of nitrogen functional groups attached to an aromatic ring is 1. The molecular weight excluding hydrogens is 502 g/mol. The molecule has 0 saturated carbocycles. The van der Waals surface area contributed by atoms with Gasteiger partial charge in [-0.05, 0) is 91.6 Å². The molecule has 1 aromatic heterocycles. The monoisotopic (exact) mass is 535 g/mol. The molecule has 3 aromatic carbocycles. The standard InChI is InChI=1S/C30H33N3O4.ClH/c31-30-26-16-20(15-24(34)18-36-25-7-2-1-3-8-25)5-4-6-21(26)9-12-28(30)37-19-29(35)33-23-10-11-27-22(17-23)13-14-32-27;/h1-3,7-14,17,20,24,32,34H,4-6,15-16,18-19,31H2,(H,33,35);1H/t20?,24-;/m0./s1. The van der Waals surface area contributed by atoms with E-state index in [1.807, 2.05) is 66.9 Å². The number of nitrogens with one attached hydrogen (secondary N) is 2. The van der Waals surface area contributed by atoms with E-state index in [9.17, 15) is 9.90 Å². The number of rotatable bonds is 9. The molecule has 4 aromatic rings. The smallest absolute Gasteiger partial charge is 0.262 e. The second-order valence-corrected chi connectivity index (χ2v) is 9.71. The molecule has 2 atom stereocenters. The van der Waals surface area contributed by atoms with Crippen LogP contribution in [0.1, 0.15) is 30.4 Å². The summed E-state index contributed by atoms with van der Waals surface area (Å²) in [6.45, 7) is 0.130. The van der Waals surface area contributed by atoms with Crippen molar-refractivity contribution in [3.63, 3.8) is 0 Å². The van der Waals surface area contributed by atoms with Gasteiger partial charge in [-0.25, -0.2) is 0 Å². The highest BCUT2D eigenvalue weighted by atomic mass is 35.5. The van der Waals surface area contributed by atoms with Gasteiger partial charge in [-0.1, -0.05) is 24.3 Å². The second-order valence-electron chi connectivity index (χ2n) is 9.71. The Morgan fingerprint density at radius 3 is 2.79 bits per heavy atom. The molecule has 1 heterocycles. The molecule has 0 saturated heterocycles. The summed E-state index contributed by atoms with van der Waals surface area (Å²) in [5.74, 6) is 1.32. The molecular formula is C30H34ClN3O4. The third kappa shape index (κ3) is 6.79. The van der Waals surface area contributed by atoms with Crippen molar-refractivity contribution in [3.8, 4) is 11.5 Å². The largest absolute Gasteiger partial charge is 0.491 e. The number of fused-ring (bicyclic) bond motifs is 2. The van der Waals surface area contributed by atoms with Crippen molar-refractivity contribution in [2.45, 2.75) is 38.2 Å². The lowest BCUT2D eigenvalue weighted by Gasteiger charge is -2.21. The van der Waals surface area contributed by atoms with Gasteiger partial charge in [0.1, 0.15) is 18.1 Å². The number of nitrogens with two attached hydrogens (primary N) is 1. The van der Waals surface area contributed by atoms with Crippen LogP contribution in [0.15, 0.2) is 72.9 Å². The van der Waals surface area contributed by atoms with Crippen LogP contribution < -0.4 is 20.5 Å². The molecule has 1 unspecified atom stereocenters. The second kappa shape index (κ2) is 12.7. The lowest BCUT2D eigenvalue weighted by Crippen LogP contribution is -2.22. The normalized spacial score (nSPS) is 15.6. The molecule has 0 fully saturated rings. The molecule has 5 rings (SSSR count). The highest BCUT2D eigenvalue weighted by molar-refractivity contribution is 5.94. The number of benzene rings is 3. The van der Waals surface area contributed by atoms with Crippen LogP contribution in [0.2, 0.25) is 0 Å². The molecule has 0 bridgehead atoms. The number of aromatic amines is 1. The third-order valence-corrected chi connectivity index (χ3v) is 6.95. The van der Waals surface area contributed by atoms with Gasteiger partial charge in [0.05, 0.1) is 11.8 Å². The number of hydrogen-bond donors (Lipinski definition) is 4. The number of H-pyrrole nitrogens is 1. The number of halogens is 1. The highest BCUT2D eigenvalue weighted by Gasteiger charge is 2.23. The fourth-order valence-corrected chi connectivity index (χ4v) is 5.10. The zero-order chi connectivity index (χ0) is 25.6. The SMILES string of the molecule is Cl.Nc1c(OCC(=O)Nc2ccc3[nH]ccc3c2)ccc2c1CC(C[C@H](O)COc1ccccc1)CCC2. The van der Waals surface area contributed by atoms with E-state index >= 15 is 0 Å². The van der Waals surface area contributed by atoms with E-state index in [0.29, 0.717) is 29.5 Å². The Balaban J connectivity index is 0.00000336. The number of amides is 1. The lowest BCUT2D eigenvalue weighted by atomic mass is 9.91. The number of anilines is 2. The maximum Gasteiger partial charge on any atom is 0.262 e. The molecule has 7 nitrogen and oxygen atoms in total. The van der Waals surface area contributed by atoms with Gasteiger partial charge in [0.25, 0.3) is 5.91 Å². The Morgan fingerprint density at radius 1 is 1.11 bits per heavy atom. The van der Waals surface area contributed by atoms with Crippen LogP contribution in [0, 0.1) is 5.92 Å². The van der Waals surface area contributed by atoms with Gasteiger partial charge >= 0.3 is 0 Å². The molecule has 0 aliphatic heterocycles. The van der Waals surface area contributed by atoms with Crippen LogP contribution in [0.3, 0.4) is 0 Å². The summed E-state index contributed by atoms with van der Waals surface area (Å²) in [4.78, 5) is 15.7. The Labute approximate surface area is 228 Å². The molecule has 1 aliphatic rings. The lowest BCUT2D eigenvalue weighted by molar-refractivity contribution is -0.118. The predicted octanol–water partition coefficient (Wildman–Crippen LogP) is 5.51. The first kappa shape index (κ1) is 27.4. The summed E-state index contributed by atoms with van der Waals surface area (Å²) in [5, 5.41) is 14.5. The van der Waals surface area contributed by atoms with Crippen LogP contribution in [-0.2, 0) is 17.6 Å². The minimum Gasteiger partial charge on any atom is -0.491 e. The number of aliphatic hydroxyl groups excluding tert-OH is 1. The van der Waals surface area contributed by atoms with Crippen LogP contribution in [0.5, 0.6) is 11.5 Å². The average molecular weight is 536 g/mol. The molecule has 0 radical (unpaired) electrons. The maximum atomic E-state index is 12.5. The Hall–Kier alpha value is -3.68. The Bertz CT molecular complexity index is 1360. The number of aromatic nitrogens is 1. The topological polar surface area (TPSA) is 110 Å². The number of carbonyl (C=O) groups is 1. The molecule has 8 heteroatoms. The summed E-state index contributed by atoms with van der Waals surface area (Å²) in [7, 11) is 0. The van der Waals surface area contributed by atoms with E-state index in [1.165, 1.54) is 5.56 Å². The van der Waals surface area contributed by atoms with E-state index in [2.05, 4.69) is 16.4 Å². The van der Waals surface area contributed by atoms with Crippen LogP contribution in [0.25, 0.3) is 10.9 Å². The fourth-order valence-electron chi connectivity index (χ4n) is 5.10. The number of aliphatic hydroxyl groups is 1. The molecule has 1 amide bonds. The summed E-state index contributed by atoms with van der Waals surface area (Å²) >= 11 is 0. The Morgan fingerprint density at radius 2 is 1.95 bits per heavy atom. The van der Waals surface area contributed by atoms with E-state index in [1.54, 1.807) is 0 Å². The number of carbonyl (C=O) groups excluding carboxylic acids is 1. The van der Waals surface area contributed by atoms with Gasteiger partial charge < -0.3 is 30.6 Å². The van der Waals surface area contributed by atoms with E-state index in [4.69, 9.17) is 15.2 Å². The van der Waals surface area contributed by atoms with E-state index in [0.717, 1.165) is 47.9 Å². The van der Waals surface area contributed by atoms with E-state index < -0.39 is 6.10 Å². The first-order valence-electron chi connectivity index (χ1n) is 12.8. The minimum atomic E-state index is -0.554. The first-order chi connectivity index (χ1) is 18.0. The quantitative estimate of drug-likeness (QED) is 0.167. The van der Waals surface area contributed by atoms with Gasteiger partial charge in [-0.3, -0.25) is 4.79 Å². The van der Waals surface area contributed by atoms with Gasteiger partial charge in [0, 0.05) is 22.8 Å². The molecule has 200 valence electrons. The molecule has 38 heavy (non-hydrogen) atoms.